The van der Waals surface area contributed by atoms with E-state index in [9.17, 15) is 0 Å². The molecule has 0 amide bonds. The van der Waals surface area contributed by atoms with Crippen molar-refractivity contribution in [3.63, 3.8) is 0 Å². The van der Waals surface area contributed by atoms with E-state index in [4.69, 9.17) is 0 Å². The number of hydrogen-bond acceptors (Lipinski definition) is 2. The molecule has 0 bridgehead atoms. The molecule has 3 heteroatoms. The van der Waals surface area contributed by atoms with E-state index in [-0.39, 0.29) is 0 Å². The van der Waals surface area contributed by atoms with Crippen molar-refractivity contribution in [2.24, 2.45) is 18.9 Å². The molecule has 0 aromatic carbocycles. The Labute approximate surface area is 105 Å². The molecule has 1 heterocycles. The number of nitrogens with zero attached hydrogens (tertiary/aromatic N) is 2. The van der Waals surface area contributed by atoms with Gasteiger partial charge in [-0.2, -0.15) is 5.10 Å². The fraction of sp³-hybridized carbons (Fsp3) is 0.786. The molecule has 2 rings (SSSR count). The maximum atomic E-state index is 4.42. The minimum atomic E-state index is 0.404. The molecule has 1 fully saturated rings. The smallest absolute Gasteiger partial charge is 0.0641 e. The first-order chi connectivity index (χ1) is 7.99. The molecular weight excluding hydrogens is 210 g/mol. The summed E-state index contributed by atoms with van der Waals surface area (Å²) in [6, 6.07) is 1.07. The van der Waals surface area contributed by atoms with Gasteiger partial charge < -0.3 is 5.32 Å². The van der Waals surface area contributed by atoms with Crippen LogP contribution < -0.4 is 5.32 Å². The number of aromatic nitrogens is 2. The van der Waals surface area contributed by atoms with Crippen molar-refractivity contribution in [3.05, 3.63) is 17.5 Å². The second kappa shape index (κ2) is 4.81. The van der Waals surface area contributed by atoms with Gasteiger partial charge >= 0.3 is 0 Å². The van der Waals surface area contributed by atoms with Crippen LogP contribution in [0.5, 0.6) is 0 Å². The summed E-state index contributed by atoms with van der Waals surface area (Å²) in [6.45, 7) is 9.08. The minimum absolute atomic E-state index is 0.404. The molecule has 3 nitrogen and oxygen atoms in total. The Morgan fingerprint density at radius 1 is 1.41 bits per heavy atom. The Hall–Kier alpha value is -0.830. The van der Waals surface area contributed by atoms with E-state index in [1.807, 2.05) is 11.7 Å². The van der Waals surface area contributed by atoms with Crippen molar-refractivity contribution in [3.8, 4) is 0 Å². The van der Waals surface area contributed by atoms with E-state index in [0.717, 1.165) is 17.5 Å². The summed E-state index contributed by atoms with van der Waals surface area (Å²) in [4.78, 5) is 0. The predicted molar refractivity (Wildman–Crippen MR) is 70.8 cm³/mol. The van der Waals surface area contributed by atoms with Gasteiger partial charge in [-0.15, -0.1) is 0 Å². The Bertz CT molecular complexity index is 383. The van der Waals surface area contributed by atoms with Crippen LogP contribution in [0.2, 0.25) is 0 Å². The molecule has 0 spiro atoms. The van der Waals surface area contributed by atoms with Gasteiger partial charge in [-0.25, -0.2) is 0 Å². The summed E-state index contributed by atoms with van der Waals surface area (Å²) in [7, 11) is 1.99. The third-order valence-corrected chi connectivity index (χ3v) is 4.45. The van der Waals surface area contributed by atoms with Gasteiger partial charge in [0.05, 0.1) is 5.69 Å². The van der Waals surface area contributed by atoms with Gasteiger partial charge in [0.15, 0.2) is 0 Å². The first-order valence-corrected chi connectivity index (χ1v) is 6.75. The van der Waals surface area contributed by atoms with E-state index in [0.29, 0.717) is 12.1 Å². The highest BCUT2D eigenvalue weighted by Crippen LogP contribution is 2.32. The van der Waals surface area contributed by atoms with Gasteiger partial charge in [0, 0.05) is 30.9 Å². The highest BCUT2D eigenvalue weighted by Gasteiger charge is 2.30. The maximum Gasteiger partial charge on any atom is 0.0641 e. The largest absolute Gasteiger partial charge is 0.307 e. The second-order valence-corrected chi connectivity index (χ2v) is 5.75. The second-order valence-electron chi connectivity index (χ2n) is 5.75. The van der Waals surface area contributed by atoms with E-state index >= 15 is 0 Å². The van der Waals surface area contributed by atoms with Crippen molar-refractivity contribution in [2.75, 3.05) is 0 Å². The molecule has 0 aliphatic heterocycles. The lowest BCUT2D eigenvalue weighted by molar-refractivity contribution is 0.346. The van der Waals surface area contributed by atoms with Crippen LogP contribution in [0.4, 0.5) is 0 Å². The third-order valence-electron chi connectivity index (χ3n) is 4.45. The molecule has 17 heavy (non-hydrogen) atoms. The lowest BCUT2D eigenvalue weighted by atomic mass is 9.97. The molecule has 1 saturated carbocycles. The van der Waals surface area contributed by atoms with Gasteiger partial charge in [-0.1, -0.05) is 13.8 Å². The molecule has 4 atom stereocenters. The summed E-state index contributed by atoms with van der Waals surface area (Å²) in [5, 5.41) is 8.19. The maximum absolute atomic E-state index is 4.42. The molecule has 1 aliphatic carbocycles. The monoisotopic (exact) mass is 235 g/mol. The summed E-state index contributed by atoms with van der Waals surface area (Å²) >= 11 is 0. The standard InChI is InChI=1S/C14H25N3/c1-9-6-7-14(10(9)2)15-11(3)13-8-17(5)16-12(13)4/h8-11,14-15H,6-7H2,1-5H3. The quantitative estimate of drug-likeness (QED) is 0.873. The zero-order valence-electron chi connectivity index (χ0n) is 11.7. The molecule has 1 aromatic heterocycles. The topological polar surface area (TPSA) is 29.9 Å². The first kappa shape index (κ1) is 12.6. The summed E-state index contributed by atoms with van der Waals surface area (Å²) in [5.74, 6) is 1.64. The summed E-state index contributed by atoms with van der Waals surface area (Å²) in [6.07, 6.45) is 4.81. The Morgan fingerprint density at radius 3 is 2.59 bits per heavy atom. The van der Waals surface area contributed by atoms with E-state index in [2.05, 4.69) is 44.3 Å². The SMILES string of the molecule is Cc1nn(C)cc1C(C)NC1CCC(C)C1C. The molecule has 0 saturated heterocycles. The van der Waals surface area contributed by atoms with Crippen LogP contribution in [0.1, 0.15) is 50.9 Å². The lowest BCUT2D eigenvalue weighted by Gasteiger charge is -2.24. The van der Waals surface area contributed by atoms with Gasteiger partial charge in [0.25, 0.3) is 0 Å². The number of rotatable bonds is 3. The lowest BCUT2D eigenvalue weighted by Crippen LogP contribution is -2.34. The van der Waals surface area contributed by atoms with Crippen LogP contribution in [-0.4, -0.2) is 15.8 Å². The predicted octanol–water partition coefficient (Wildman–Crippen LogP) is 2.81. The molecule has 1 aliphatic rings. The van der Waals surface area contributed by atoms with Crippen LogP contribution in [0, 0.1) is 18.8 Å². The Balaban J connectivity index is 2.02. The van der Waals surface area contributed by atoms with Crippen molar-refractivity contribution >= 4 is 0 Å². The van der Waals surface area contributed by atoms with Crippen molar-refractivity contribution in [2.45, 2.75) is 52.6 Å². The number of aryl methyl sites for hydroxylation is 2. The fourth-order valence-corrected chi connectivity index (χ4v) is 3.05. The zero-order chi connectivity index (χ0) is 12.6. The van der Waals surface area contributed by atoms with E-state index in [1.165, 1.54) is 18.4 Å². The molecule has 0 radical (unpaired) electrons. The average Bonchev–Trinajstić information content (AvgIpc) is 2.75. The first-order valence-electron chi connectivity index (χ1n) is 6.75. The Kier molecular flexibility index (Phi) is 3.57. The van der Waals surface area contributed by atoms with Gasteiger partial charge in [0.2, 0.25) is 0 Å². The van der Waals surface area contributed by atoms with E-state index in [1.54, 1.807) is 0 Å². The summed E-state index contributed by atoms with van der Waals surface area (Å²) < 4.78 is 1.91. The number of hydrogen-bond donors (Lipinski definition) is 1. The van der Waals surface area contributed by atoms with Crippen LogP contribution in [0.25, 0.3) is 0 Å². The van der Waals surface area contributed by atoms with Gasteiger partial charge in [-0.05, 0) is 38.5 Å². The van der Waals surface area contributed by atoms with Crippen molar-refractivity contribution < 1.29 is 0 Å². The number of nitrogens with one attached hydrogen (secondary N) is 1. The molecule has 4 unspecified atom stereocenters. The van der Waals surface area contributed by atoms with E-state index < -0.39 is 0 Å². The van der Waals surface area contributed by atoms with Gasteiger partial charge in [0.1, 0.15) is 0 Å². The third kappa shape index (κ3) is 2.54. The van der Waals surface area contributed by atoms with Crippen LogP contribution in [-0.2, 0) is 7.05 Å². The van der Waals surface area contributed by atoms with Crippen LogP contribution in [0.15, 0.2) is 6.20 Å². The molecule has 1 aromatic rings. The van der Waals surface area contributed by atoms with Crippen molar-refractivity contribution in [1.29, 1.82) is 0 Å². The van der Waals surface area contributed by atoms with Crippen LogP contribution >= 0.6 is 0 Å². The van der Waals surface area contributed by atoms with Gasteiger partial charge in [-0.3, -0.25) is 4.68 Å². The van der Waals surface area contributed by atoms with Crippen molar-refractivity contribution in [1.82, 2.24) is 15.1 Å². The zero-order valence-corrected chi connectivity index (χ0v) is 11.7. The molecule has 1 N–H and O–H groups in total. The minimum Gasteiger partial charge on any atom is -0.307 e. The Morgan fingerprint density at radius 2 is 2.12 bits per heavy atom. The molecular formula is C14H25N3. The average molecular weight is 235 g/mol. The highest BCUT2D eigenvalue weighted by molar-refractivity contribution is 5.19. The van der Waals surface area contributed by atoms with Crippen LogP contribution in [0.3, 0.4) is 0 Å². The fourth-order valence-electron chi connectivity index (χ4n) is 3.05. The molecule has 96 valence electrons. The normalized spacial score (nSPS) is 30.8. The summed E-state index contributed by atoms with van der Waals surface area (Å²) in [5.41, 5.74) is 2.48. The highest BCUT2D eigenvalue weighted by atomic mass is 15.3.